The van der Waals surface area contributed by atoms with E-state index in [2.05, 4.69) is 42.0 Å². The van der Waals surface area contributed by atoms with Gasteiger partial charge in [-0.2, -0.15) is 4.98 Å². The minimum absolute atomic E-state index is 0.228. The first-order valence-corrected chi connectivity index (χ1v) is 11.1. The maximum Gasteiger partial charge on any atom is 0.228 e. The van der Waals surface area contributed by atoms with Gasteiger partial charge in [-0.15, -0.1) is 0 Å². The first-order valence-electron chi connectivity index (χ1n) is 11.1. The highest BCUT2D eigenvalue weighted by molar-refractivity contribution is 5.67. The molecule has 3 N–H and O–H groups in total. The Labute approximate surface area is 192 Å². The average Bonchev–Trinajstić information content (AvgIpc) is 2.86. The second kappa shape index (κ2) is 9.51. The van der Waals surface area contributed by atoms with Crippen molar-refractivity contribution in [1.29, 1.82) is 0 Å². The van der Waals surface area contributed by atoms with E-state index in [-0.39, 0.29) is 5.95 Å². The number of hydrogen-bond donors (Lipinski definition) is 2. The van der Waals surface area contributed by atoms with E-state index in [0.717, 1.165) is 62.0 Å². The third-order valence-electron chi connectivity index (χ3n) is 5.82. The molecule has 2 aliphatic rings. The van der Waals surface area contributed by atoms with Crippen LogP contribution in [0.15, 0.2) is 36.8 Å². The summed E-state index contributed by atoms with van der Waals surface area (Å²) in [4.78, 5) is 29.1. The van der Waals surface area contributed by atoms with Crippen molar-refractivity contribution < 1.29 is 4.74 Å². The van der Waals surface area contributed by atoms with E-state index in [1.165, 1.54) is 0 Å². The number of likely N-dealkylation sites (N-methyl/N-ethyl adjacent to an activating group) is 1. The van der Waals surface area contributed by atoms with Gasteiger partial charge in [-0.05, 0) is 19.2 Å². The summed E-state index contributed by atoms with van der Waals surface area (Å²) in [7, 11) is 2.15. The molecular formula is C22H28N10O. The molecule has 0 radical (unpaired) electrons. The molecule has 172 valence electrons. The molecule has 2 aliphatic heterocycles. The zero-order valence-corrected chi connectivity index (χ0v) is 18.7. The van der Waals surface area contributed by atoms with Gasteiger partial charge in [0.1, 0.15) is 11.6 Å². The maximum absolute atomic E-state index is 5.65. The lowest BCUT2D eigenvalue weighted by atomic mass is 10.2. The predicted octanol–water partition coefficient (Wildman–Crippen LogP) is 1.24. The Kier molecular flexibility index (Phi) is 6.13. The van der Waals surface area contributed by atoms with Crippen LogP contribution < -0.4 is 20.9 Å². The van der Waals surface area contributed by atoms with Crippen LogP contribution in [0.2, 0.25) is 0 Å². The van der Waals surface area contributed by atoms with Crippen molar-refractivity contribution in [1.82, 2.24) is 29.8 Å². The Hall–Kier alpha value is -3.57. The molecule has 0 atom stereocenters. The maximum atomic E-state index is 5.65. The van der Waals surface area contributed by atoms with Crippen LogP contribution in [-0.2, 0) is 4.74 Å². The zero-order valence-electron chi connectivity index (χ0n) is 18.7. The molecule has 0 amide bonds. The lowest BCUT2D eigenvalue weighted by molar-refractivity contribution is 0.122. The summed E-state index contributed by atoms with van der Waals surface area (Å²) in [5, 5.41) is 3.38. The first kappa shape index (κ1) is 21.3. The molecule has 33 heavy (non-hydrogen) atoms. The molecule has 2 fully saturated rings. The number of morpholine rings is 1. The Morgan fingerprint density at radius 2 is 1.64 bits per heavy atom. The van der Waals surface area contributed by atoms with Gasteiger partial charge in [0.15, 0.2) is 0 Å². The number of hydrogen-bond acceptors (Lipinski definition) is 11. The number of pyridine rings is 1. The molecule has 11 nitrogen and oxygen atoms in total. The molecule has 0 unspecified atom stereocenters. The van der Waals surface area contributed by atoms with Crippen LogP contribution in [0.3, 0.4) is 0 Å². The first-order chi connectivity index (χ1) is 16.1. The van der Waals surface area contributed by atoms with E-state index >= 15 is 0 Å². The molecule has 3 aromatic rings. The van der Waals surface area contributed by atoms with E-state index in [1.54, 1.807) is 12.4 Å². The molecule has 3 aromatic heterocycles. The lowest BCUT2D eigenvalue weighted by Crippen LogP contribution is -2.44. The summed E-state index contributed by atoms with van der Waals surface area (Å²) in [5.74, 6) is 2.53. The smallest absolute Gasteiger partial charge is 0.228 e. The fourth-order valence-corrected chi connectivity index (χ4v) is 3.85. The van der Waals surface area contributed by atoms with Gasteiger partial charge in [0.25, 0.3) is 0 Å². The Bertz CT molecular complexity index is 1060. The second-order valence-corrected chi connectivity index (χ2v) is 8.19. The van der Waals surface area contributed by atoms with E-state index in [4.69, 9.17) is 20.4 Å². The molecule has 11 heteroatoms. The van der Waals surface area contributed by atoms with Gasteiger partial charge in [-0.25, -0.2) is 19.9 Å². The number of ether oxygens (including phenoxy) is 1. The van der Waals surface area contributed by atoms with Crippen molar-refractivity contribution in [3.05, 3.63) is 36.8 Å². The standard InChI is InChI=1S/C22H28N10O/c1-30-4-6-31(7-5-30)20-3-2-17(15-24-20)27-19-12-18(16-13-25-21(23)26-14-16)28-22(29-19)32-8-10-33-11-9-32/h2-3,12-15H,4-11H2,1H3,(H2,23,25,26)(H,27,28,29). The molecule has 0 spiro atoms. The topological polar surface area (TPSA) is 121 Å². The number of nitrogens with zero attached hydrogens (tertiary/aromatic N) is 8. The van der Waals surface area contributed by atoms with Crippen LogP contribution >= 0.6 is 0 Å². The number of rotatable bonds is 5. The zero-order chi connectivity index (χ0) is 22.6. The summed E-state index contributed by atoms with van der Waals surface area (Å²) in [6, 6.07) is 5.96. The van der Waals surface area contributed by atoms with Crippen LogP contribution in [-0.4, -0.2) is 89.3 Å². The van der Waals surface area contributed by atoms with Crippen molar-refractivity contribution in [3.8, 4) is 11.3 Å². The van der Waals surface area contributed by atoms with Crippen LogP contribution in [0.25, 0.3) is 11.3 Å². The SMILES string of the molecule is CN1CCN(c2ccc(Nc3cc(-c4cnc(N)nc4)nc(N4CCOCC4)n3)cn2)CC1. The van der Waals surface area contributed by atoms with Crippen LogP contribution in [0.1, 0.15) is 0 Å². The summed E-state index contributed by atoms with van der Waals surface area (Å²) in [5.41, 5.74) is 8.00. The van der Waals surface area contributed by atoms with Gasteiger partial charge >= 0.3 is 0 Å². The summed E-state index contributed by atoms with van der Waals surface area (Å²) in [6.45, 7) is 6.84. The van der Waals surface area contributed by atoms with Crippen molar-refractivity contribution in [3.63, 3.8) is 0 Å². The molecule has 5 rings (SSSR count). The number of nitrogen functional groups attached to an aromatic ring is 1. The largest absolute Gasteiger partial charge is 0.378 e. The van der Waals surface area contributed by atoms with Crippen molar-refractivity contribution in [2.24, 2.45) is 0 Å². The summed E-state index contributed by atoms with van der Waals surface area (Å²) in [6.07, 6.45) is 5.18. The fraction of sp³-hybridized carbons (Fsp3) is 0.409. The van der Waals surface area contributed by atoms with Crippen LogP contribution in [0.4, 0.5) is 29.2 Å². The van der Waals surface area contributed by atoms with E-state index in [1.807, 2.05) is 24.4 Å². The van der Waals surface area contributed by atoms with Crippen molar-refractivity contribution in [2.75, 3.05) is 80.4 Å². The van der Waals surface area contributed by atoms with Gasteiger partial charge in [0.05, 0.1) is 30.8 Å². The average molecular weight is 449 g/mol. The highest BCUT2D eigenvalue weighted by atomic mass is 16.5. The Balaban J connectivity index is 1.39. The normalized spacial score (nSPS) is 17.2. The summed E-state index contributed by atoms with van der Waals surface area (Å²) < 4.78 is 5.48. The number of anilines is 5. The highest BCUT2D eigenvalue weighted by Gasteiger charge is 2.18. The molecular weight excluding hydrogens is 420 g/mol. The van der Waals surface area contributed by atoms with E-state index < -0.39 is 0 Å². The van der Waals surface area contributed by atoms with Crippen LogP contribution in [0, 0.1) is 0 Å². The second-order valence-electron chi connectivity index (χ2n) is 8.19. The number of nitrogens with two attached hydrogens (primary N) is 1. The fourth-order valence-electron chi connectivity index (χ4n) is 3.85. The lowest BCUT2D eigenvalue weighted by Gasteiger charge is -2.33. The molecule has 2 saturated heterocycles. The Morgan fingerprint density at radius 3 is 2.33 bits per heavy atom. The molecule has 0 saturated carbocycles. The predicted molar refractivity (Wildman–Crippen MR) is 128 cm³/mol. The summed E-state index contributed by atoms with van der Waals surface area (Å²) >= 11 is 0. The molecule has 0 aliphatic carbocycles. The van der Waals surface area contributed by atoms with Crippen molar-refractivity contribution >= 4 is 29.2 Å². The molecule has 5 heterocycles. The van der Waals surface area contributed by atoms with E-state index in [9.17, 15) is 0 Å². The van der Waals surface area contributed by atoms with Gasteiger partial charge in [0.2, 0.25) is 11.9 Å². The van der Waals surface area contributed by atoms with E-state index in [0.29, 0.717) is 25.0 Å². The third-order valence-corrected chi connectivity index (χ3v) is 5.82. The number of piperazine rings is 1. The van der Waals surface area contributed by atoms with Gasteiger partial charge < -0.3 is 30.5 Å². The van der Waals surface area contributed by atoms with Crippen LogP contribution in [0.5, 0.6) is 0 Å². The Morgan fingerprint density at radius 1 is 0.879 bits per heavy atom. The van der Waals surface area contributed by atoms with Crippen molar-refractivity contribution in [2.45, 2.75) is 0 Å². The van der Waals surface area contributed by atoms with Gasteiger partial charge in [-0.1, -0.05) is 0 Å². The molecule has 0 aromatic carbocycles. The third kappa shape index (κ3) is 5.10. The number of nitrogens with one attached hydrogen (secondary N) is 1. The van der Waals surface area contributed by atoms with Gasteiger partial charge in [-0.3, -0.25) is 0 Å². The monoisotopic (exact) mass is 448 g/mol. The molecule has 0 bridgehead atoms. The quantitative estimate of drug-likeness (QED) is 0.586. The van der Waals surface area contributed by atoms with Gasteiger partial charge in [0, 0.05) is 63.3 Å². The minimum Gasteiger partial charge on any atom is -0.378 e. The highest BCUT2D eigenvalue weighted by Crippen LogP contribution is 2.25. The number of aromatic nitrogens is 5. The minimum atomic E-state index is 0.228.